The highest BCUT2D eigenvalue weighted by molar-refractivity contribution is 5.17. The molecule has 1 aromatic carbocycles. The maximum absolute atomic E-state index is 10.1. The van der Waals surface area contributed by atoms with Crippen LogP contribution in [-0.4, -0.2) is 50.9 Å². The summed E-state index contributed by atoms with van der Waals surface area (Å²) in [6.07, 6.45) is -5.47. The molecule has 1 saturated heterocycles. The summed E-state index contributed by atoms with van der Waals surface area (Å²) in [4.78, 5) is 0. The Morgan fingerprint density at radius 1 is 1.05 bits per heavy atom. The average Bonchev–Trinajstić information content (AvgIpc) is 2.43. The van der Waals surface area contributed by atoms with Crippen LogP contribution in [0.2, 0.25) is 0 Å². The highest BCUT2D eigenvalue weighted by atomic mass is 16.5. The van der Waals surface area contributed by atoms with E-state index in [1.54, 1.807) is 19.1 Å². The second-order valence-electron chi connectivity index (χ2n) is 5.01. The maximum atomic E-state index is 10.1. The fourth-order valence-electron chi connectivity index (χ4n) is 2.36. The molecule has 1 fully saturated rings. The third-order valence-corrected chi connectivity index (χ3v) is 3.59. The van der Waals surface area contributed by atoms with E-state index in [-0.39, 0.29) is 6.42 Å². The van der Waals surface area contributed by atoms with Crippen molar-refractivity contribution in [3.63, 3.8) is 0 Å². The Balaban J connectivity index is 2.02. The van der Waals surface area contributed by atoms with Gasteiger partial charge in [-0.1, -0.05) is 30.3 Å². The van der Waals surface area contributed by atoms with E-state index >= 15 is 0 Å². The Hall–Kier alpha value is -0.980. The highest BCUT2D eigenvalue weighted by Crippen LogP contribution is 2.28. The van der Waals surface area contributed by atoms with E-state index in [1.165, 1.54) is 0 Å². The van der Waals surface area contributed by atoms with Gasteiger partial charge < -0.3 is 25.2 Å². The largest absolute Gasteiger partial charge is 0.388 e. The Bertz CT molecular complexity index is 396. The first kappa shape index (κ1) is 14.4. The first-order valence-electron chi connectivity index (χ1n) is 6.43. The SMILES string of the molecule is C[C@H]1O[C@H](CC(O)c2ccccc2)[C@H](O)[C@@H](O)[C@H]1O. The van der Waals surface area contributed by atoms with Crippen molar-refractivity contribution >= 4 is 0 Å². The zero-order valence-corrected chi connectivity index (χ0v) is 10.8. The Kier molecular flexibility index (Phi) is 4.54. The molecule has 2 rings (SSSR count). The molecule has 5 heteroatoms. The standard InChI is InChI=1S/C14H20O5/c1-8-12(16)14(18)13(17)11(19-8)7-10(15)9-5-3-2-4-6-9/h2-6,8,10-18H,7H2,1H3/t8-,10?,11-,12+,13+,14+/m1/s1. The van der Waals surface area contributed by atoms with Gasteiger partial charge in [-0.2, -0.15) is 0 Å². The van der Waals surface area contributed by atoms with Crippen LogP contribution >= 0.6 is 0 Å². The van der Waals surface area contributed by atoms with Crippen LogP contribution in [0.3, 0.4) is 0 Å². The Morgan fingerprint density at radius 3 is 2.32 bits per heavy atom. The van der Waals surface area contributed by atoms with Gasteiger partial charge in [0.15, 0.2) is 0 Å². The zero-order valence-electron chi connectivity index (χ0n) is 10.8. The fourth-order valence-corrected chi connectivity index (χ4v) is 2.36. The van der Waals surface area contributed by atoms with E-state index in [9.17, 15) is 20.4 Å². The van der Waals surface area contributed by atoms with Crippen LogP contribution in [0.4, 0.5) is 0 Å². The molecule has 1 aliphatic rings. The molecule has 4 N–H and O–H groups in total. The molecule has 0 saturated carbocycles. The number of benzene rings is 1. The molecule has 0 aromatic heterocycles. The monoisotopic (exact) mass is 268 g/mol. The first-order chi connectivity index (χ1) is 9.00. The van der Waals surface area contributed by atoms with E-state index in [1.807, 2.05) is 18.2 Å². The molecular formula is C14H20O5. The summed E-state index contributed by atoms with van der Waals surface area (Å²) >= 11 is 0. The molecule has 1 aromatic rings. The highest BCUT2D eigenvalue weighted by Gasteiger charge is 2.42. The molecule has 1 heterocycles. The third kappa shape index (κ3) is 3.13. The van der Waals surface area contributed by atoms with Gasteiger partial charge in [-0.3, -0.25) is 0 Å². The van der Waals surface area contributed by atoms with Crippen molar-refractivity contribution in [2.75, 3.05) is 0 Å². The van der Waals surface area contributed by atoms with Crippen molar-refractivity contribution in [2.45, 2.75) is 50.0 Å². The quantitative estimate of drug-likeness (QED) is 0.618. The number of rotatable bonds is 3. The Morgan fingerprint density at radius 2 is 1.68 bits per heavy atom. The van der Waals surface area contributed by atoms with Crippen molar-refractivity contribution in [3.8, 4) is 0 Å². The molecule has 0 spiro atoms. The van der Waals surface area contributed by atoms with Crippen LogP contribution in [0.25, 0.3) is 0 Å². The van der Waals surface area contributed by atoms with Crippen LogP contribution in [0, 0.1) is 0 Å². The molecular weight excluding hydrogens is 248 g/mol. The second kappa shape index (κ2) is 5.98. The minimum Gasteiger partial charge on any atom is -0.388 e. The summed E-state index contributed by atoms with van der Waals surface area (Å²) in [6, 6.07) is 9.06. The van der Waals surface area contributed by atoms with Crippen molar-refractivity contribution in [1.29, 1.82) is 0 Å². The molecule has 5 nitrogen and oxygen atoms in total. The van der Waals surface area contributed by atoms with Crippen LogP contribution in [0.1, 0.15) is 25.0 Å². The number of aliphatic hydroxyl groups is 4. The Labute approximate surface area is 112 Å². The van der Waals surface area contributed by atoms with E-state index < -0.39 is 36.6 Å². The third-order valence-electron chi connectivity index (χ3n) is 3.59. The van der Waals surface area contributed by atoms with Crippen LogP contribution in [0.15, 0.2) is 30.3 Å². The van der Waals surface area contributed by atoms with Gasteiger partial charge in [0.05, 0.1) is 18.3 Å². The second-order valence-corrected chi connectivity index (χ2v) is 5.01. The predicted molar refractivity (Wildman–Crippen MR) is 68.4 cm³/mol. The number of hydrogen-bond acceptors (Lipinski definition) is 5. The number of hydrogen-bond donors (Lipinski definition) is 4. The minimum atomic E-state index is -1.25. The summed E-state index contributed by atoms with van der Waals surface area (Å²) in [7, 11) is 0. The number of aliphatic hydroxyl groups excluding tert-OH is 4. The lowest BCUT2D eigenvalue weighted by Gasteiger charge is -2.40. The fraction of sp³-hybridized carbons (Fsp3) is 0.571. The molecule has 1 aliphatic heterocycles. The van der Waals surface area contributed by atoms with Gasteiger partial charge in [0.1, 0.15) is 18.3 Å². The molecule has 1 unspecified atom stereocenters. The minimum absolute atomic E-state index is 0.166. The lowest BCUT2D eigenvalue weighted by Crippen LogP contribution is -2.56. The van der Waals surface area contributed by atoms with Gasteiger partial charge in [0.25, 0.3) is 0 Å². The molecule has 0 radical (unpaired) electrons. The lowest BCUT2D eigenvalue weighted by molar-refractivity contribution is -0.222. The first-order valence-corrected chi connectivity index (χ1v) is 6.43. The van der Waals surface area contributed by atoms with Gasteiger partial charge in [0, 0.05) is 6.42 Å². The van der Waals surface area contributed by atoms with Crippen LogP contribution < -0.4 is 0 Å². The van der Waals surface area contributed by atoms with Crippen molar-refractivity contribution in [3.05, 3.63) is 35.9 Å². The van der Waals surface area contributed by atoms with Crippen LogP contribution in [0.5, 0.6) is 0 Å². The topological polar surface area (TPSA) is 90.2 Å². The number of ether oxygens (including phenoxy) is 1. The summed E-state index contributed by atoms with van der Waals surface area (Å²) in [5.41, 5.74) is 0.728. The molecule has 19 heavy (non-hydrogen) atoms. The van der Waals surface area contributed by atoms with Crippen molar-refractivity contribution in [2.24, 2.45) is 0 Å². The summed E-state index contributed by atoms with van der Waals surface area (Å²) in [5.74, 6) is 0. The van der Waals surface area contributed by atoms with Crippen molar-refractivity contribution < 1.29 is 25.2 Å². The zero-order chi connectivity index (χ0) is 14.0. The van der Waals surface area contributed by atoms with E-state index in [2.05, 4.69) is 0 Å². The van der Waals surface area contributed by atoms with E-state index in [4.69, 9.17) is 4.74 Å². The molecule has 6 atom stereocenters. The smallest absolute Gasteiger partial charge is 0.111 e. The average molecular weight is 268 g/mol. The summed E-state index contributed by atoms with van der Waals surface area (Å²) in [6.45, 7) is 1.63. The predicted octanol–water partition coefficient (Wildman–Crippen LogP) is -0.0199. The molecule has 0 amide bonds. The van der Waals surface area contributed by atoms with Gasteiger partial charge >= 0.3 is 0 Å². The van der Waals surface area contributed by atoms with Crippen LogP contribution in [-0.2, 0) is 4.74 Å². The van der Waals surface area contributed by atoms with Gasteiger partial charge in [-0.05, 0) is 12.5 Å². The van der Waals surface area contributed by atoms with Gasteiger partial charge in [0.2, 0.25) is 0 Å². The van der Waals surface area contributed by atoms with E-state index in [0.717, 1.165) is 5.56 Å². The van der Waals surface area contributed by atoms with Gasteiger partial charge in [-0.25, -0.2) is 0 Å². The van der Waals surface area contributed by atoms with E-state index in [0.29, 0.717) is 0 Å². The molecule has 106 valence electrons. The molecule has 0 aliphatic carbocycles. The molecule has 0 bridgehead atoms. The van der Waals surface area contributed by atoms with Gasteiger partial charge in [-0.15, -0.1) is 0 Å². The van der Waals surface area contributed by atoms with Crippen molar-refractivity contribution in [1.82, 2.24) is 0 Å². The maximum Gasteiger partial charge on any atom is 0.111 e. The summed E-state index contributed by atoms with van der Waals surface area (Å²) in [5, 5.41) is 39.3. The summed E-state index contributed by atoms with van der Waals surface area (Å²) < 4.78 is 5.45. The lowest BCUT2D eigenvalue weighted by atomic mass is 9.91. The normalized spacial score (nSPS) is 37.0.